The minimum absolute atomic E-state index is 1.25. The molecule has 0 atom stereocenters. The molecule has 198 valence electrons. The van der Waals surface area contributed by atoms with E-state index < -0.39 is 0 Å². The van der Waals surface area contributed by atoms with Gasteiger partial charge in [-0.2, -0.15) is 0 Å². The molecule has 0 spiro atoms. The Morgan fingerprint density at radius 2 is 0.860 bits per heavy atom. The highest BCUT2D eigenvalue weighted by Crippen LogP contribution is 2.47. The standard InChI is InChI=1S/C42H25N/c1-2-12-26(13-3-1)39-31-17-6-8-19-33(31)40(34-20-9-7-18-32(34)39)28-22-23-38-36(25-28)41-29-15-5-4-14-27(29)24-35-30-16-10-11-21-37(30)43(38)42(35)41/h1-25H. The Morgan fingerprint density at radius 3 is 1.56 bits per heavy atom. The van der Waals surface area contributed by atoms with Crippen LogP contribution in [0, 0.1) is 0 Å². The highest BCUT2D eigenvalue weighted by atomic mass is 14.9. The Hall–Kier alpha value is -5.66. The Bertz CT molecular complexity index is 2650. The van der Waals surface area contributed by atoms with Crippen LogP contribution in [0.4, 0.5) is 0 Å². The van der Waals surface area contributed by atoms with Crippen molar-refractivity contribution in [1.29, 1.82) is 0 Å². The molecule has 8 aromatic carbocycles. The zero-order chi connectivity index (χ0) is 28.1. The van der Waals surface area contributed by atoms with Crippen molar-refractivity contribution in [3.63, 3.8) is 0 Å². The van der Waals surface area contributed by atoms with Crippen molar-refractivity contribution in [3.8, 4) is 22.3 Å². The van der Waals surface area contributed by atoms with Crippen LogP contribution in [-0.4, -0.2) is 4.40 Å². The van der Waals surface area contributed by atoms with Crippen molar-refractivity contribution in [2.75, 3.05) is 0 Å². The number of fused-ring (bicyclic) bond motifs is 10. The summed E-state index contributed by atoms with van der Waals surface area (Å²) < 4.78 is 2.49. The lowest BCUT2D eigenvalue weighted by Crippen LogP contribution is -1.90. The molecule has 0 fully saturated rings. The van der Waals surface area contributed by atoms with Crippen LogP contribution in [0.15, 0.2) is 152 Å². The molecule has 10 rings (SSSR count). The van der Waals surface area contributed by atoms with Crippen molar-refractivity contribution in [2.24, 2.45) is 0 Å². The SMILES string of the molecule is c1ccc(-c2c3ccccc3c(-c3ccc4c(c3)c3c5ccccc5cc5c6ccccc6n4c53)c3ccccc23)cc1. The van der Waals surface area contributed by atoms with Gasteiger partial charge in [0, 0.05) is 21.5 Å². The smallest absolute Gasteiger partial charge is 0.0626 e. The fourth-order valence-electron chi connectivity index (χ4n) is 7.76. The largest absolute Gasteiger partial charge is 0.308 e. The van der Waals surface area contributed by atoms with Gasteiger partial charge < -0.3 is 4.40 Å². The number of hydrogen-bond acceptors (Lipinski definition) is 0. The summed E-state index contributed by atoms with van der Waals surface area (Å²) in [5, 5.41) is 13.0. The molecule has 0 aliphatic rings. The second-order valence-electron chi connectivity index (χ2n) is 11.7. The first-order valence-electron chi connectivity index (χ1n) is 15.0. The quantitative estimate of drug-likeness (QED) is 0.191. The van der Waals surface area contributed by atoms with Gasteiger partial charge in [-0.25, -0.2) is 0 Å². The van der Waals surface area contributed by atoms with Gasteiger partial charge in [0.05, 0.1) is 16.6 Å². The molecule has 0 aliphatic carbocycles. The van der Waals surface area contributed by atoms with Gasteiger partial charge >= 0.3 is 0 Å². The Kier molecular flexibility index (Phi) is 4.51. The van der Waals surface area contributed by atoms with Gasteiger partial charge in [-0.15, -0.1) is 0 Å². The van der Waals surface area contributed by atoms with Gasteiger partial charge in [-0.1, -0.05) is 127 Å². The first-order chi connectivity index (χ1) is 21.4. The van der Waals surface area contributed by atoms with E-state index in [1.165, 1.54) is 92.7 Å². The average Bonchev–Trinajstić information content (AvgIpc) is 3.58. The molecule has 2 heterocycles. The lowest BCUT2D eigenvalue weighted by atomic mass is 9.85. The number of para-hydroxylation sites is 1. The highest BCUT2D eigenvalue weighted by molar-refractivity contribution is 6.32. The molecule has 1 nitrogen and oxygen atoms in total. The molecule has 0 aliphatic heterocycles. The summed E-state index contributed by atoms with van der Waals surface area (Å²) in [7, 11) is 0. The molecule has 0 unspecified atom stereocenters. The Balaban J connectivity index is 1.38. The van der Waals surface area contributed by atoms with E-state index in [2.05, 4.69) is 156 Å². The van der Waals surface area contributed by atoms with E-state index >= 15 is 0 Å². The van der Waals surface area contributed by atoms with Crippen molar-refractivity contribution in [2.45, 2.75) is 0 Å². The van der Waals surface area contributed by atoms with Crippen molar-refractivity contribution < 1.29 is 0 Å². The van der Waals surface area contributed by atoms with Crippen LogP contribution in [0.25, 0.3) is 92.7 Å². The molecular weight excluding hydrogens is 518 g/mol. The molecule has 0 saturated heterocycles. The molecule has 0 N–H and O–H groups in total. The van der Waals surface area contributed by atoms with E-state index in [-0.39, 0.29) is 0 Å². The number of nitrogens with zero attached hydrogens (tertiary/aromatic N) is 1. The van der Waals surface area contributed by atoms with Gasteiger partial charge in [0.1, 0.15) is 0 Å². The number of rotatable bonds is 2. The van der Waals surface area contributed by atoms with E-state index in [4.69, 9.17) is 0 Å². The van der Waals surface area contributed by atoms with E-state index in [1.807, 2.05) is 0 Å². The average molecular weight is 544 g/mol. The lowest BCUT2D eigenvalue weighted by molar-refractivity contribution is 1.37. The maximum Gasteiger partial charge on any atom is 0.0626 e. The summed E-state index contributed by atoms with van der Waals surface area (Å²) in [6.45, 7) is 0. The van der Waals surface area contributed by atoms with Gasteiger partial charge in [0.15, 0.2) is 0 Å². The summed E-state index contributed by atoms with van der Waals surface area (Å²) in [4.78, 5) is 0. The van der Waals surface area contributed by atoms with Crippen LogP contribution in [0.2, 0.25) is 0 Å². The summed E-state index contributed by atoms with van der Waals surface area (Å²) in [6, 6.07) is 55.9. The van der Waals surface area contributed by atoms with Crippen LogP contribution in [0.3, 0.4) is 0 Å². The summed E-state index contributed by atoms with van der Waals surface area (Å²) in [5.41, 5.74) is 8.95. The molecule has 0 saturated carbocycles. The fraction of sp³-hybridized carbons (Fsp3) is 0. The van der Waals surface area contributed by atoms with E-state index in [0.29, 0.717) is 0 Å². The third-order valence-electron chi connectivity index (χ3n) is 9.47. The number of hydrogen-bond donors (Lipinski definition) is 0. The Labute approximate surface area is 248 Å². The molecule has 0 radical (unpaired) electrons. The monoisotopic (exact) mass is 543 g/mol. The molecule has 0 bridgehead atoms. The highest BCUT2D eigenvalue weighted by Gasteiger charge is 2.21. The van der Waals surface area contributed by atoms with E-state index in [0.717, 1.165) is 0 Å². The lowest BCUT2D eigenvalue weighted by Gasteiger charge is -2.18. The van der Waals surface area contributed by atoms with Gasteiger partial charge in [-0.3, -0.25) is 0 Å². The first kappa shape index (κ1) is 23.0. The molecule has 1 heteroatoms. The molecular formula is C42H25N. The second kappa shape index (κ2) is 8.44. The van der Waals surface area contributed by atoms with Gasteiger partial charge in [0.2, 0.25) is 0 Å². The van der Waals surface area contributed by atoms with E-state index in [9.17, 15) is 0 Å². The van der Waals surface area contributed by atoms with Crippen molar-refractivity contribution in [1.82, 2.24) is 4.40 Å². The first-order valence-corrected chi connectivity index (χ1v) is 15.0. The number of aromatic nitrogens is 1. The zero-order valence-electron chi connectivity index (χ0n) is 23.4. The van der Waals surface area contributed by atoms with E-state index in [1.54, 1.807) is 0 Å². The van der Waals surface area contributed by atoms with Crippen LogP contribution < -0.4 is 0 Å². The second-order valence-corrected chi connectivity index (χ2v) is 11.7. The van der Waals surface area contributed by atoms with Crippen LogP contribution in [0.1, 0.15) is 0 Å². The summed E-state index contributed by atoms with van der Waals surface area (Å²) in [5.74, 6) is 0. The normalized spacial score (nSPS) is 12.2. The van der Waals surface area contributed by atoms with Crippen molar-refractivity contribution >= 4 is 70.4 Å². The van der Waals surface area contributed by atoms with Crippen LogP contribution >= 0.6 is 0 Å². The third kappa shape index (κ3) is 3.01. The molecule has 43 heavy (non-hydrogen) atoms. The fourth-order valence-corrected chi connectivity index (χ4v) is 7.76. The predicted octanol–water partition coefficient (Wildman–Crippen LogP) is 11.6. The number of benzene rings is 8. The van der Waals surface area contributed by atoms with Crippen LogP contribution in [0.5, 0.6) is 0 Å². The van der Waals surface area contributed by atoms with Crippen LogP contribution in [-0.2, 0) is 0 Å². The predicted molar refractivity (Wildman–Crippen MR) is 184 cm³/mol. The van der Waals surface area contributed by atoms with Crippen molar-refractivity contribution in [3.05, 3.63) is 152 Å². The molecule has 2 aromatic heterocycles. The summed E-state index contributed by atoms with van der Waals surface area (Å²) in [6.07, 6.45) is 0. The maximum atomic E-state index is 2.49. The third-order valence-corrected chi connectivity index (χ3v) is 9.47. The Morgan fingerprint density at radius 1 is 0.326 bits per heavy atom. The van der Waals surface area contributed by atoms with Gasteiger partial charge in [0.25, 0.3) is 0 Å². The topological polar surface area (TPSA) is 4.41 Å². The molecule has 10 aromatic rings. The zero-order valence-corrected chi connectivity index (χ0v) is 23.4. The molecule has 0 amide bonds. The van der Waals surface area contributed by atoms with Gasteiger partial charge in [-0.05, 0) is 78.8 Å². The minimum atomic E-state index is 1.25. The summed E-state index contributed by atoms with van der Waals surface area (Å²) >= 11 is 0. The maximum absolute atomic E-state index is 2.49. The minimum Gasteiger partial charge on any atom is -0.308 e.